The summed E-state index contributed by atoms with van der Waals surface area (Å²) in [5, 5.41) is 0.523. The lowest BCUT2D eigenvalue weighted by atomic mass is 10.2. The zero-order valence-corrected chi connectivity index (χ0v) is 14.4. The van der Waals surface area contributed by atoms with E-state index in [-0.39, 0.29) is 0 Å². The first-order valence-corrected chi connectivity index (χ1v) is 7.57. The molecule has 0 atom stereocenters. The van der Waals surface area contributed by atoms with Gasteiger partial charge in [-0.1, -0.05) is 11.6 Å². The van der Waals surface area contributed by atoms with Crippen LogP contribution in [0.25, 0.3) is 0 Å². The molecule has 20 heavy (non-hydrogen) atoms. The number of methoxy groups -OCH3 is 1. The minimum atomic E-state index is 0.325. The molecular formula is C13H11Br2ClN2O2. The van der Waals surface area contributed by atoms with Crippen molar-refractivity contribution in [3.8, 4) is 17.4 Å². The van der Waals surface area contributed by atoms with Crippen LogP contribution in [0.15, 0.2) is 33.3 Å². The second-order valence-corrected chi connectivity index (χ2v) is 5.95. The highest BCUT2D eigenvalue weighted by atomic mass is 79.9. The molecule has 2 aromatic rings. The van der Waals surface area contributed by atoms with E-state index in [1.807, 2.05) is 0 Å². The molecule has 0 aliphatic carbocycles. The van der Waals surface area contributed by atoms with Crippen LogP contribution in [0.4, 0.5) is 0 Å². The quantitative estimate of drug-likeness (QED) is 0.787. The van der Waals surface area contributed by atoms with Crippen LogP contribution in [0.1, 0.15) is 5.56 Å². The fourth-order valence-electron chi connectivity index (χ4n) is 1.53. The van der Waals surface area contributed by atoms with Crippen LogP contribution in [0.3, 0.4) is 0 Å². The maximum Gasteiger partial charge on any atom is 0.219 e. The molecule has 7 heteroatoms. The van der Waals surface area contributed by atoms with Crippen molar-refractivity contribution in [3.63, 3.8) is 0 Å². The number of hydrogen-bond acceptors (Lipinski definition) is 4. The maximum atomic E-state index is 5.96. The molecule has 2 rings (SSSR count). The molecule has 0 saturated carbocycles. The number of aromatic nitrogens is 1. The van der Waals surface area contributed by atoms with Crippen molar-refractivity contribution in [2.24, 2.45) is 5.73 Å². The Morgan fingerprint density at radius 2 is 1.85 bits per heavy atom. The van der Waals surface area contributed by atoms with Crippen LogP contribution in [0.5, 0.6) is 17.4 Å². The van der Waals surface area contributed by atoms with Crippen molar-refractivity contribution in [2.75, 3.05) is 7.11 Å². The summed E-state index contributed by atoms with van der Waals surface area (Å²) in [6, 6.07) is 5.31. The molecule has 1 heterocycles. The van der Waals surface area contributed by atoms with Crippen LogP contribution in [-0.2, 0) is 6.54 Å². The fourth-order valence-corrected chi connectivity index (χ4v) is 2.60. The lowest BCUT2D eigenvalue weighted by molar-refractivity contribution is 0.408. The summed E-state index contributed by atoms with van der Waals surface area (Å²) >= 11 is 12.8. The summed E-state index contributed by atoms with van der Waals surface area (Å²) < 4.78 is 12.5. The first-order valence-electron chi connectivity index (χ1n) is 5.60. The molecule has 0 saturated heterocycles. The van der Waals surface area contributed by atoms with E-state index >= 15 is 0 Å². The number of rotatable bonds is 4. The van der Waals surface area contributed by atoms with Gasteiger partial charge in [0.05, 0.1) is 21.1 Å². The lowest BCUT2D eigenvalue weighted by Crippen LogP contribution is -1.99. The Morgan fingerprint density at radius 1 is 1.20 bits per heavy atom. The van der Waals surface area contributed by atoms with Crippen LogP contribution in [-0.4, -0.2) is 12.1 Å². The Morgan fingerprint density at radius 3 is 2.50 bits per heavy atom. The van der Waals surface area contributed by atoms with Crippen molar-refractivity contribution >= 4 is 43.5 Å². The van der Waals surface area contributed by atoms with Gasteiger partial charge in [-0.05, 0) is 49.6 Å². The number of nitrogens with two attached hydrogens (primary N) is 1. The second-order valence-electron chi connectivity index (χ2n) is 3.84. The van der Waals surface area contributed by atoms with Gasteiger partial charge in [-0.3, -0.25) is 0 Å². The number of nitrogens with zero attached hydrogens (tertiary/aromatic N) is 1. The van der Waals surface area contributed by atoms with E-state index in [2.05, 4.69) is 36.8 Å². The number of ether oxygens (including phenoxy) is 2. The molecule has 4 nitrogen and oxygen atoms in total. The third-order valence-electron chi connectivity index (χ3n) is 2.55. The largest absolute Gasteiger partial charge is 0.496 e. The van der Waals surface area contributed by atoms with Crippen LogP contribution in [0, 0.1) is 0 Å². The minimum absolute atomic E-state index is 0.325. The normalized spacial score (nSPS) is 10.4. The topological polar surface area (TPSA) is 57.4 Å². The van der Waals surface area contributed by atoms with Gasteiger partial charge in [0, 0.05) is 18.8 Å². The van der Waals surface area contributed by atoms with E-state index < -0.39 is 0 Å². The summed E-state index contributed by atoms with van der Waals surface area (Å²) in [5.74, 6) is 1.74. The third-order valence-corrected chi connectivity index (χ3v) is 4.13. The molecule has 0 aliphatic heterocycles. The molecule has 1 aromatic carbocycles. The van der Waals surface area contributed by atoms with Gasteiger partial charge in [-0.25, -0.2) is 4.98 Å². The van der Waals surface area contributed by atoms with E-state index in [0.717, 1.165) is 14.5 Å². The van der Waals surface area contributed by atoms with Gasteiger partial charge in [-0.15, -0.1) is 0 Å². The minimum Gasteiger partial charge on any atom is -0.496 e. The van der Waals surface area contributed by atoms with Crippen LogP contribution >= 0.6 is 43.5 Å². The first kappa shape index (κ1) is 15.6. The summed E-state index contributed by atoms with van der Waals surface area (Å²) in [5.41, 5.74) is 6.38. The Bertz CT molecular complexity index is 638. The van der Waals surface area contributed by atoms with Crippen molar-refractivity contribution in [2.45, 2.75) is 6.54 Å². The van der Waals surface area contributed by atoms with E-state index in [9.17, 15) is 0 Å². The molecule has 0 bridgehead atoms. The van der Waals surface area contributed by atoms with E-state index in [4.69, 9.17) is 26.8 Å². The Hall–Kier alpha value is -0.820. The fraction of sp³-hybridized carbons (Fsp3) is 0.154. The second kappa shape index (κ2) is 6.76. The molecule has 0 aliphatic rings. The van der Waals surface area contributed by atoms with Gasteiger partial charge >= 0.3 is 0 Å². The van der Waals surface area contributed by atoms with Crippen molar-refractivity contribution in [1.29, 1.82) is 0 Å². The van der Waals surface area contributed by atoms with Gasteiger partial charge in [0.1, 0.15) is 11.5 Å². The highest BCUT2D eigenvalue weighted by Gasteiger charge is 2.11. The van der Waals surface area contributed by atoms with Gasteiger partial charge in [-0.2, -0.15) is 0 Å². The monoisotopic (exact) mass is 420 g/mol. The number of hydrogen-bond donors (Lipinski definition) is 1. The average molecular weight is 423 g/mol. The third kappa shape index (κ3) is 3.44. The SMILES string of the molecule is COc1cc(Br)c(Oc2cc(CN)c(Cl)cn2)cc1Br. The van der Waals surface area contributed by atoms with Gasteiger partial charge in [0.25, 0.3) is 0 Å². The predicted molar refractivity (Wildman–Crippen MR) is 85.6 cm³/mol. The van der Waals surface area contributed by atoms with Crippen LogP contribution in [0.2, 0.25) is 5.02 Å². The molecule has 0 amide bonds. The summed E-state index contributed by atoms with van der Waals surface area (Å²) in [7, 11) is 1.60. The number of benzene rings is 1. The first-order chi connectivity index (χ1) is 9.55. The molecule has 0 fully saturated rings. The van der Waals surface area contributed by atoms with Gasteiger partial charge < -0.3 is 15.2 Å². The van der Waals surface area contributed by atoms with E-state index in [1.54, 1.807) is 25.3 Å². The van der Waals surface area contributed by atoms with Gasteiger partial charge in [0.15, 0.2) is 0 Å². The van der Waals surface area contributed by atoms with E-state index in [0.29, 0.717) is 28.9 Å². The molecule has 0 radical (unpaired) electrons. The molecule has 2 N–H and O–H groups in total. The standard InChI is InChI=1S/C13H11Br2ClN2O2/c1-19-11-3-9(15)12(4-8(11)14)20-13-2-7(5-17)10(16)6-18-13/h2-4,6H,5,17H2,1H3. The molecule has 0 spiro atoms. The molecule has 106 valence electrons. The highest BCUT2D eigenvalue weighted by Crippen LogP contribution is 2.38. The van der Waals surface area contributed by atoms with Gasteiger partial charge in [0.2, 0.25) is 5.88 Å². The van der Waals surface area contributed by atoms with Crippen LogP contribution < -0.4 is 15.2 Å². The van der Waals surface area contributed by atoms with Crippen molar-refractivity contribution < 1.29 is 9.47 Å². The van der Waals surface area contributed by atoms with Crippen molar-refractivity contribution in [3.05, 3.63) is 43.9 Å². The number of pyridine rings is 1. The molecular weight excluding hydrogens is 411 g/mol. The number of halogens is 3. The Labute approximate surface area is 138 Å². The molecule has 0 unspecified atom stereocenters. The Kier molecular flexibility index (Phi) is 5.26. The van der Waals surface area contributed by atoms with E-state index in [1.165, 1.54) is 6.20 Å². The molecule has 1 aromatic heterocycles. The smallest absolute Gasteiger partial charge is 0.219 e. The Balaban J connectivity index is 2.32. The lowest BCUT2D eigenvalue weighted by Gasteiger charge is -2.11. The summed E-state index contributed by atoms with van der Waals surface area (Å²) in [4.78, 5) is 4.12. The highest BCUT2D eigenvalue weighted by molar-refractivity contribution is 9.11. The zero-order valence-electron chi connectivity index (χ0n) is 10.5. The summed E-state index contributed by atoms with van der Waals surface area (Å²) in [6.45, 7) is 0.325. The zero-order chi connectivity index (χ0) is 14.7. The predicted octanol–water partition coefficient (Wildman–Crippen LogP) is 4.52. The summed E-state index contributed by atoms with van der Waals surface area (Å²) in [6.07, 6.45) is 1.52. The average Bonchev–Trinajstić information content (AvgIpc) is 2.44. The maximum absolute atomic E-state index is 5.96. The van der Waals surface area contributed by atoms with Crippen molar-refractivity contribution in [1.82, 2.24) is 4.98 Å².